The molecule has 0 spiro atoms. The third-order valence-electron chi connectivity index (χ3n) is 9.95. The molecule has 4 heterocycles. The van der Waals surface area contributed by atoms with E-state index in [1.54, 1.807) is 47.1 Å². The number of hydrogen-bond donors (Lipinski definition) is 3. The van der Waals surface area contributed by atoms with Crippen LogP contribution in [0, 0.1) is 5.82 Å². The molecule has 15 nitrogen and oxygen atoms in total. The highest BCUT2D eigenvalue weighted by Gasteiger charge is 2.45. The maximum absolute atomic E-state index is 14.0. The van der Waals surface area contributed by atoms with Crippen molar-refractivity contribution in [1.29, 1.82) is 0 Å². The summed E-state index contributed by atoms with van der Waals surface area (Å²) in [7, 11) is 1.43. The van der Waals surface area contributed by atoms with Crippen LogP contribution in [-0.4, -0.2) is 76.9 Å². The van der Waals surface area contributed by atoms with Gasteiger partial charge in [-0.2, -0.15) is 5.10 Å². The molecule has 1 atom stereocenters. The summed E-state index contributed by atoms with van der Waals surface area (Å²) < 4.78 is 20.9. The van der Waals surface area contributed by atoms with Crippen molar-refractivity contribution in [3.05, 3.63) is 88.7 Å². The number of halogens is 1. The second-order valence-corrected chi connectivity index (χ2v) is 13.1. The van der Waals surface area contributed by atoms with E-state index in [2.05, 4.69) is 10.2 Å². The van der Waals surface area contributed by atoms with Crippen LogP contribution in [-0.2, 0) is 20.9 Å². The number of anilines is 3. The monoisotopic (exact) mass is 722 g/mol. The molecule has 272 valence electrons. The molecule has 16 heteroatoms. The summed E-state index contributed by atoms with van der Waals surface area (Å²) >= 11 is 0. The number of carbonyl (C=O) groups excluding carboxylic acids is 6. The van der Waals surface area contributed by atoms with Crippen molar-refractivity contribution in [1.82, 2.24) is 20.0 Å². The maximum atomic E-state index is 14.0. The number of piperidine rings is 2. The number of hydrogen-bond acceptors (Lipinski definition) is 10. The fraction of sp³-hybridized carbons (Fsp3) is 0.270. The summed E-state index contributed by atoms with van der Waals surface area (Å²) in [4.78, 5) is 79.5. The molecule has 0 aliphatic carbocycles. The molecule has 0 saturated carbocycles. The van der Waals surface area contributed by atoms with E-state index in [0.29, 0.717) is 54.9 Å². The lowest BCUT2D eigenvalue weighted by atomic mass is 10.0. The van der Waals surface area contributed by atoms with Gasteiger partial charge in [0.2, 0.25) is 18.2 Å². The van der Waals surface area contributed by atoms with Gasteiger partial charge in [0.05, 0.1) is 36.5 Å². The molecule has 2 fully saturated rings. The molecule has 3 aliphatic rings. The lowest BCUT2D eigenvalue weighted by Crippen LogP contribution is -2.54. The number of nitrogen functional groups attached to an aromatic ring is 1. The van der Waals surface area contributed by atoms with Gasteiger partial charge >= 0.3 is 0 Å². The molecular formula is C37H35FN8O7. The molecule has 53 heavy (non-hydrogen) atoms. The van der Waals surface area contributed by atoms with Crippen molar-refractivity contribution in [2.75, 3.05) is 35.7 Å². The lowest BCUT2D eigenvalue weighted by molar-refractivity contribution is -0.136. The second-order valence-electron chi connectivity index (χ2n) is 13.1. The highest BCUT2D eigenvalue weighted by molar-refractivity contribution is 6.23. The smallest absolute Gasteiger partial charge is 0.262 e. The van der Waals surface area contributed by atoms with Gasteiger partial charge in [0.25, 0.3) is 17.7 Å². The molecule has 2 saturated heterocycles. The van der Waals surface area contributed by atoms with E-state index < -0.39 is 41.4 Å². The van der Waals surface area contributed by atoms with Gasteiger partial charge in [-0.1, -0.05) is 24.3 Å². The quantitative estimate of drug-likeness (QED) is 0.161. The molecule has 4 aromatic rings. The first kappa shape index (κ1) is 34.9. The molecular weight excluding hydrogens is 687 g/mol. The van der Waals surface area contributed by atoms with E-state index in [9.17, 15) is 33.2 Å². The van der Waals surface area contributed by atoms with Crippen LogP contribution in [0.3, 0.4) is 0 Å². The van der Waals surface area contributed by atoms with Crippen molar-refractivity contribution in [3.63, 3.8) is 0 Å². The van der Waals surface area contributed by atoms with Crippen molar-refractivity contribution in [3.8, 4) is 17.0 Å². The van der Waals surface area contributed by atoms with Gasteiger partial charge < -0.3 is 26.0 Å². The maximum Gasteiger partial charge on any atom is 0.262 e. The Morgan fingerprint density at radius 1 is 1.00 bits per heavy atom. The number of nitrogens with two attached hydrogens (primary N) is 2. The van der Waals surface area contributed by atoms with Crippen molar-refractivity contribution >= 4 is 53.1 Å². The van der Waals surface area contributed by atoms with E-state index in [1.165, 1.54) is 30.2 Å². The average Bonchev–Trinajstić information content (AvgIpc) is 3.63. The topological polar surface area (TPSA) is 203 Å². The van der Waals surface area contributed by atoms with Gasteiger partial charge in [0.15, 0.2) is 0 Å². The first-order valence-corrected chi connectivity index (χ1v) is 16.9. The Morgan fingerprint density at radius 2 is 1.72 bits per heavy atom. The van der Waals surface area contributed by atoms with E-state index in [0.717, 1.165) is 10.6 Å². The summed E-state index contributed by atoms with van der Waals surface area (Å²) in [5.74, 6) is -3.03. The van der Waals surface area contributed by atoms with Gasteiger partial charge in [0, 0.05) is 36.8 Å². The largest absolute Gasteiger partial charge is 0.495 e. The number of amides is 6. The van der Waals surface area contributed by atoms with E-state index in [1.807, 2.05) is 0 Å². The van der Waals surface area contributed by atoms with Gasteiger partial charge in [-0.3, -0.25) is 39.0 Å². The normalized spacial score (nSPS) is 17.5. The summed E-state index contributed by atoms with van der Waals surface area (Å²) in [6.45, 7) is 1.20. The number of nitrogens with one attached hydrogen (secondary N) is 1. The summed E-state index contributed by atoms with van der Waals surface area (Å²) in [5, 5.41) is 6.94. The zero-order chi connectivity index (χ0) is 37.6. The predicted molar refractivity (Wildman–Crippen MR) is 189 cm³/mol. The minimum Gasteiger partial charge on any atom is -0.495 e. The number of benzene rings is 3. The zero-order valence-corrected chi connectivity index (χ0v) is 28.6. The third-order valence-corrected chi connectivity index (χ3v) is 9.95. The molecule has 3 aliphatic heterocycles. The SMILES string of the molecule is COc1ccc(F)cc1N(C=O)Cc1ccc(-c2nn(C3CCN(c4ccc5c(c4)C(=O)N(C4CCC(=O)NC4=O)C5=O)CC3)c(N)c2C(N)=O)cc1. The van der Waals surface area contributed by atoms with Crippen molar-refractivity contribution < 1.29 is 37.9 Å². The summed E-state index contributed by atoms with van der Waals surface area (Å²) in [6.07, 6.45) is 1.87. The average molecular weight is 723 g/mol. The van der Waals surface area contributed by atoms with Gasteiger partial charge in [0.1, 0.15) is 34.7 Å². The molecule has 7 rings (SSSR count). The Balaban J connectivity index is 1.06. The minimum absolute atomic E-state index is 0.0381. The van der Waals surface area contributed by atoms with Gasteiger partial charge in [-0.25, -0.2) is 9.07 Å². The van der Waals surface area contributed by atoms with Crippen LogP contribution in [0.1, 0.15) is 68.4 Å². The second kappa shape index (κ2) is 13.9. The molecule has 3 aromatic carbocycles. The molecule has 1 unspecified atom stereocenters. The van der Waals surface area contributed by atoms with Crippen molar-refractivity contribution in [2.24, 2.45) is 5.73 Å². The molecule has 6 amide bonds. The lowest BCUT2D eigenvalue weighted by Gasteiger charge is -2.34. The van der Waals surface area contributed by atoms with E-state index >= 15 is 0 Å². The highest BCUT2D eigenvalue weighted by atomic mass is 19.1. The minimum atomic E-state index is -1.05. The number of imide groups is 2. The molecule has 0 radical (unpaired) electrons. The van der Waals surface area contributed by atoms with Gasteiger partial charge in [-0.05, 0) is 55.2 Å². The number of methoxy groups -OCH3 is 1. The molecule has 1 aromatic heterocycles. The van der Waals surface area contributed by atoms with Crippen LogP contribution < -0.4 is 31.3 Å². The Labute approximate surface area is 302 Å². The third kappa shape index (κ3) is 6.32. The first-order valence-electron chi connectivity index (χ1n) is 16.9. The highest BCUT2D eigenvalue weighted by Crippen LogP contribution is 2.36. The predicted octanol–water partition coefficient (Wildman–Crippen LogP) is 2.78. The number of primary amides is 1. The number of ether oxygens (including phenoxy) is 1. The Hall–Kier alpha value is -6.58. The number of carbonyl (C=O) groups is 6. The molecule has 0 bridgehead atoms. The number of rotatable bonds is 10. The fourth-order valence-electron chi connectivity index (χ4n) is 7.23. The Bertz CT molecular complexity index is 2180. The number of nitrogens with zero attached hydrogens (tertiary/aromatic N) is 5. The number of fused-ring (bicyclic) bond motifs is 1. The van der Waals surface area contributed by atoms with Crippen molar-refractivity contribution in [2.45, 2.75) is 44.3 Å². The Morgan fingerprint density at radius 3 is 2.38 bits per heavy atom. The van der Waals surface area contributed by atoms with Crippen LogP contribution in [0.4, 0.5) is 21.6 Å². The van der Waals surface area contributed by atoms with E-state index in [-0.39, 0.29) is 53.6 Å². The van der Waals surface area contributed by atoms with E-state index in [4.69, 9.17) is 21.3 Å². The summed E-state index contributed by atoms with van der Waals surface area (Å²) in [5.41, 5.74) is 15.4. The van der Waals surface area contributed by atoms with Crippen LogP contribution >= 0.6 is 0 Å². The summed E-state index contributed by atoms with van der Waals surface area (Å²) in [6, 6.07) is 14.7. The van der Waals surface area contributed by atoms with Gasteiger partial charge in [-0.15, -0.1) is 0 Å². The fourth-order valence-corrected chi connectivity index (χ4v) is 7.23. The zero-order valence-electron chi connectivity index (χ0n) is 28.6. The first-order chi connectivity index (χ1) is 25.5. The standard InChI is InChI=1S/C37H35FN8O7/c1-53-29-10-6-22(38)16-28(29)44(19-47)18-20-2-4-21(5-3-20)32-31(34(40)49)33(39)46(42-32)23-12-14-43(15-13-23)24-7-8-25-26(17-24)37(52)45(36(25)51)27-9-11-30(48)41-35(27)50/h2-8,10,16-17,19,23,27H,9,11-15,18,39H2,1H3,(H2,40,49)(H,41,48,50). The van der Waals surface area contributed by atoms with Crippen LogP contribution in [0.5, 0.6) is 5.75 Å². The molecule has 5 N–H and O–H groups in total. The Kier molecular flexibility index (Phi) is 9.11. The van der Waals surface area contributed by atoms with Crippen LogP contribution in [0.25, 0.3) is 11.3 Å². The van der Waals surface area contributed by atoms with Crippen LogP contribution in [0.2, 0.25) is 0 Å². The number of aromatic nitrogens is 2. The van der Waals surface area contributed by atoms with Crippen LogP contribution in [0.15, 0.2) is 60.7 Å².